The summed E-state index contributed by atoms with van der Waals surface area (Å²) in [6, 6.07) is 9.71. The Labute approximate surface area is 192 Å². The molecule has 0 spiro atoms. The Morgan fingerprint density at radius 2 is 1.63 bits per heavy atom. The van der Waals surface area contributed by atoms with E-state index in [0.29, 0.717) is 32.1 Å². The summed E-state index contributed by atoms with van der Waals surface area (Å²) in [7, 11) is 0. The Morgan fingerprint density at radius 3 is 2.23 bits per heavy atom. The predicted molar refractivity (Wildman–Crippen MR) is 125 cm³/mol. The molecule has 170 valence electrons. The minimum Gasteiger partial charge on any atom is -0.352 e. The number of carbonyl (C=O) groups excluding carboxylic acids is 2. The van der Waals surface area contributed by atoms with Crippen molar-refractivity contribution in [2.45, 2.75) is 51.1 Å². The molecule has 1 aliphatic heterocycles. The fourth-order valence-electron chi connectivity index (χ4n) is 4.20. The van der Waals surface area contributed by atoms with Crippen molar-refractivity contribution >= 4 is 36.6 Å². The van der Waals surface area contributed by atoms with E-state index in [1.54, 1.807) is 0 Å². The van der Waals surface area contributed by atoms with Crippen LogP contribution in [0.15, 0.2) is 30.3 Å². The van der Waals surface area contributed by atoms with Crippen molar-refractivity contribution in [2.75, 3.05) is 32.7 Å². The van der Waals surface area contributed by atoms with Crippen LogP contribution in [0, 0.1) is 5.92 Å². The normalized spacial score (nSPS) is 22.9. The number of nitrogens with one attached hydrogen (secondary N) is 1. The molecule has 1 atom stereocenters. The minimum absolute atomic E-state index is 0. The van der Waals surface area contributed by atoms with Crippen molar-refractivity contribution in [2.24, 2.45) is 11.7 Å². The maximum absolute atomic E-state index is 12.6. The summed E-state index contributed by atoms with van der Waals surface area (Å²) >= 11 is 0. The highest BCUT2D eigenvalue weighted by molar-refractivity contribution is 5.85. The minimum atomic E-state index is -0.508. The Balaban J connectivity index is 0.00000225. The zero-order valence-corrected chi connectivity index (χ0v) is 19.4. The first kappa shape index (κ1) is 26.7. The van der Waals surface area contributed by atoms with Crippen LogP contribution in [0.2, 0.25) is 0 Å². The number of hydrogen-bond acceptors (Lipinski definition) is 4. The Kier molecular flexibility index (Phi) is 11.7. The van der Waals surface area contributed by atoms with Gasteiger partial charge in [0, 0.05) is 32.2 Å². The summed E-state index contributed by atoms with van der Waals surface area (Å²) in [5.41, 5.74) is 7.22. The number of nitrogens with zero attached hydrogens (tertiary/aromatic N) is 2. The third kappa shape index (κ3) is 8.06. The van der Waals surface area contributed by atoms with Gasteiger partial charge in [-0.15, -0.1) is 24.8 Å². The van der Waals surface area contributed by atoms with Crippen LogP contribution in [0.3, 0.4) is 0 Å². The molecule has 0 aromatic heterocycles. The molecular weight excluding hydrogens is 423 g/mol. The van der Waals surface area contributed by atoms with Gasteiger partial charge in [0.25, 0.3) is 0 Å². The SMILES string of the molecule is CC1CCC(NC(=O)CN2CCN(C(=O)C(N)Cc3ccccc3)CC2)CC1.Cl.Cl. The van der Waals surface area contributed by atoms with Gasteiger partial charge < -0.3 is 16.0 Å². The quantitative estimate of drug-likeness (QED) is 0.684. The lowest BCUT2D eigenvalue weighted by atomic mass is 9.87. The van der Waals surface area contributed by atoms with Crippen molar-refractivity contribution in [3.63, 3.8) is 0 Å². The Hall–Kier alpha value is -1.34. The number of piperazine rings is 1. The van der Waals surface area contributed by atoms with Gasteiger partial charge in [-0.25, -0.2) is 0 Å². The van der Waals surface area contributed by atoms with Gasteiger partial charge in [-0.1, -0.05) is 37.3 Å². The summed E-state index contributed by atoms with van der Waals surface area (Å²) in [4.78, 5) is 28.9. The van der Waals surface area contributed by atoms with Crippen molar-refractivity contribution in [1.82, 2.24) is 15.1 Å². The molecule has 1 unspecified atom stereocenters. The molecule has 8 heteroatoms. The summed E-state index contributed by atoms with van der Waals surface area (Å²) < 4.78 is 0. The van der Waals surface area contributed by atoms with Crippen LogP contribution in [0.5, 0.6) is 0 Å². The van der Waals surface area contributed by atoms with Crippen LogP contribution >= 0.6 is 24.8 Å². The average molecular weight is 459 g/mol. The maximum Gasteiger partial charge on any atom is 0.239 e. The van der Waals surface area contributed by atoms with E-state index in [1.165, 1.54) is 12.8 Å². The number of rotatable bonds is 6. The van der Waals surface area contributed by atoms with Gasteiger partial charge in [0.05, 0.1) is 12.6 Å². The first-order valence-electron chi connectivity index (χ1n) is 10.6. The van der Waals surface area contributed by atoms with Crippen LogP contribution in [0.4, 0.5) is 0 Å². The van der Waals surface area contributed by atoms with Gasteiger partial charge in [0.1, 0.15) is 0 Å². The largest absolute Gasteiger partial charge is 0.352 e. The first-order valence-corrected chi connectivity index (χ1v) is 10.6. The van der Waals surface area contributed by atoms with Gasteiger partial charge in [-0.2, -0.15) is 0 Å². The standard InChI is InChI=1S/C22H34N4O2.2ClH/c1-17-7-9-19(10-8-17)24-21(27)16-25-11-13-26(14-12-25)22(28)20(23)15-18-5-3-2-4-6-18;;/h2-6,17,19-20H,7-16,23H2,1H3,(H,24,27);2*1H. The lowest BCUT2D eigenvalue weighted by molar-refractivity contribution is -0.134. The van der Waals surface area contributed by atoms with Gasteiger partial charge in [0.15, 0.2) is 0 Å². The molecule has 1 aliphatic carbocycles. The van der Waals surface area contributed by atoms with Crippen molar-refractivity contribution in [1.29, 1.82) is 0 Å². The molecule has 3 rings (SSSR count). The van der Waals surface area contributed by atoms with Crippen LogP contribution in [-0.2, 0) is 16.0 Å². The second-order valence-corrected chi connectivity index (χ2v) is 8.42. The molecule has 6 nitrogen and oxygen atoms in total. The molecule has 1 heterocycles. The topological polar surface area (TPSA) is 78.7 Å². The molecule has 30 heavy (non-hydrogen) atoms. The lowest BCUT2D eigenvalue weighted by Gasteiger charge is -2.36. The van der Waals surface area contributed by atoms with Gasteiger partial charge in [-0.05, 0) is 43.6 Å². The molecule has 1 aromatic carbocycles. The van der Waals surface area contributed by atoms with E-state index >= 15 is 0 Å². The van der Waals surface area contributed by atoms with Crippen LogP contribution in [0.25, 0.3) is 0 Å². The lowest BCUT2D eigenvalue weighted by Crippen LogP contribution is -2.55. The van der Waals surface area contributed by atoms with Crippen molar-refractivity contribution in [3.05, 3.63) is 35.9 Å². The Bertz CT molecular complexity index is 646. The first-order chi connectivity index (χ1) is 13.5. The van der Waals surface area contributed by atoms with E-state index in [0.717, 1.165) is 37.4 Å². The van der Waals surface area contributed by atoms with E-state index in [1.807, 2.05) is 35.2 Å². The van der Waals surface area contributed by atoms with E-state index in [-0.39, 0.29) is 36.6 Å². The molecule has 2 fully saturated rings. The molecule has 2 aliphatic rings. The van der Waals surface area contributed by atoms with Crippen LogP contribution < -0.4 is 11.1 Å². The Morgan fingerprint density at radius 1 is 1.03 bits per heavy atom. The zero-order chi connectivity index (χ0) is 19.9. The van der Waals surface area contributed by atoms with Crippen molar-refractivity contribution < 1.29 is 9.59 Å². The fourth-order valence-corrected chi connectivity index (χ4v) is 4.20. The molecule has 2 amide bonds. The maximum atomic E-state index is 12.6. The second-order valence-electron chi connectivity index (χ2n) is 8.42. The summed E-state index contributed by atoms with van der Waals surface area (Å²) in [6.45, 7) is 5.41. The fraction of sp³-hybridized carbons (Fsp3) is 0.636. The highest BCUT2D eigenvalue weighted by Gasteiger charge is 2.27. The molecule has 0 bridgehead atoms. The molecule has 1 saturated heterocycles. The zero-order valence-electron chi connectivity index (χ0n) is 17.8. The van der Waals surface area contributed by atoms with E-state index in [2.05, 4.69) is 17.1 Å². The molecule has 1 saturated carbocycles. The summed E-state index contributed by atoms with van der Waals surface area (Å²) in [6.07, 6.45) is 5.15. The van der Waals surface area contributed by atoms with Crippen molar-refractivity contribution in [3.8, 4) is 0 Å². The second kappa shape index (κ2) is 13.2. The molecular formula is C22H36Cl2N4O2. The molecule has 0 radical (unpaired) electrons. The number of nitrogens with two attached hydrogens (primary N) is 1. The number of halogens is 2. The van der Waals surface area contributed by atoms with Gasteiger partial charge in [0.2, 0.25) is 11.8 Å². The van der Waals surface area contributed by atoms with E-state index in [4.69, 9.17) is 5.73 Å². The summed E-state index contributed by atoms with van der Waals surface area (Å²) in [5, 5.41) is 3.19. The average Bonchev–Trinajstić information content (AvgIpc) is 2.70. The number of hydrogen-bond donors (Lipinski definition) is 2. The van der Waals surface area contributed by atoms with Crippen LogP contribution in [0.1, 0.15) is 38.2 Å². The molecule has 3 N–H and O–H groups in total. The summed E-state index contributed by atoms with van der Waals surface area (Å²) in [5.74, 6) is 0.899. The van der Waals surface area contributed by atoms with Gasteiger partial charge in [-0.3, -0.25) is 14.5 Å². The number of carbonyl (C=O) groups is 2. The number of benzene rings is 1. The smallest absolute Gasteiger partial charge is 0.239 e. The third-order valence-electron chi connectivity index (χ3n) is 6.05. The third-order valence-corrected chi connectivity index (χ3v) is 6.05. The highest BCUT2D eigenvalue weighted by atomic mass is 35.5. The van der Waals surface area contributed by atoms with E-state index in [9.17, 15) is 9.59 Å². The van der Waals surface area contributed by atoms with Gasteiger partial charge >= 0.3 is 0 Å². The molecule has 1 aromatic rings. The predicted octanol–water partition coefficient (Wildman–Crippen LogP) is 2.24. The van der Waals surface area contributed by atoms with E-state index < -0.39 is 6.04 Å². The monoisotopic (exact) mass is 458 g/mol. The number of amides is 2. The van der Waals surface area contributed by atoms with Crippen LogP contribution in [-0.4, -0.2) is 66.4 Å². The highest BCUT2D eigenvalue weighted by Crippen LogP contribution is 2.23.